The Hall–Kier alpha value is -2.08. The molecule has 0 radical (unpaired) electrons. The van der Waals surface area contributed by atoms with Crippen LogP contribution in [0.5, 0.6) is 5.75 Å². The van der Waals surface area contributed by atoms with Gasteiger partial charge in [-0.1, -0.05) is 0 Å². The Morgan fingerprint density at radius 3 is 2.50 bits per heavy atom. The fourth-order valence-corrected chi connectivity index (χ4v) is 2.27. The van der Waals surface area contributed by atoms with Crippen LogP contribution in [0.25, 0.3) is 0 Å². The van der Waals surface area contributed by atoms with Gasteiger partial charge < -0.3 is 19.7 Å². The maximum absolute atomic E-state index is 12.2. The molecule has 0 bridgehead atoms. The highest BCUT2D eigenvalue weighted by molar-refractivity contribution is 5.97. The average Bonchev–Trinajstić information content (AvgIpc) is 2.55. The molecule has 1 fully saturated rings. The van der Waals surface area contributed by atoms with Gasteiger partial charge in [0.25, 0.3) is 5.91 Å². The zero-order valence-electron chi connectivity index (χ0n) is 13.0. The summed E-state index contributed by atoms with van der Waals surface area (Å²) in [4.78, 5) is 26.1. The summed E-state index contributed by atoms with van der Waals surface area (Å²) in [6.07, 6.45) is 0. The van der Waals surface area contributed by atoms with Gasteiger partial charge in [0.2, 0.25) is 5.91 Å². The first kappa shape index (κ1) is 16.3. The molecule has 1 heterocycles. The smallest absolute Gasteiger partial charge is 0.251 e. The van der Waals surface area contributed by atoms with Gasteiger partial charge in [-0.2, -0.15) is 0 Å². The third kappa shape index (κ3) is 4.21. The fraction of sp³-hybridized carbons (Fsp3) is 0.500. The Labute approximate surface area is 130 Å². The van der Waals surface area contributed by atoms with Crippen molar-refractivity contribution in [3.8, 4) is 5.75 Å². The summed E-state index contributed by atoms with van der Waals surface area (Å²) in [5.41, 5.74) is 0.505. The van der Waals surface area contributed by atoms with Gasteiger partial charge >= 0.3 is 0 Å². The standard InChI is InChI=1S/C16H22N2O4/c1-3-22-14-6-4-13(5-7-14)15(19)17-12(2)16(20)18-8-10-21-11-9-18/h4-7,12H,3,8-11H2,1-2H3,(H,17,19)/t12-/m1/s1. The normalized spacial score (nSPS) is 16.0. The van der Waals surface area contributed by atoms with E-state index in [1.807, 2.05) is 6.92 Å². The number of carbonyl (C=O) groups is 2. The summed E-state index contributed by atoms with van der Waals surface area (Å²) in [7, 11) is 0. The molecule has 2 rings (SSSR count). The molecule has 0 saturated carbocycles. The molecular formula is C16H22N2O4. The van der Waals surface area contributed by atoms with Crippen molar-refractivity contribution >= 4 is 11.8 Å². The van der Waals surface area contributed by atoms with Crippen molar-refractivity contribution in [2.24, 2.45) is 0 Å². The summed E-state index contributed by atoms with van der Waals surface area (Å²) < 4.78 is 10.6. The second kappa shape index (κ2) is 7.79. The monoisotopic (exact) mass is 306 g/mol. The molecule has 0 unspecified atom stereocenters. The number of nitrogens with one attached hydrogen (secondary N) is 1. The van der Waals surface area contributed by atoms with Crippen molar-refractivity contribution in [3.63, 3.8) is 0 Å². The maximum Gasteiger partial charge on any atom is 0.251 e. The lowest BCUT2D eigenvalue weighted by molar-refractivity contribution is -0.136. The van der Waals surface area contributed by atoms with Crippen LogP contribution in [-0.2, 0) is 9.53 Å². The summed E-state index contributed by atoms with van der Waals surface area (Å²) in [5, 5.41) is 2.73. The van der Waals surface area contributed by atoms with Crippen molar-refractivity contribution in [2.75, 3.05) is 32.9 Å². The van der Waals surface area contributed by atoms with Gasteiger partial charge in [0.05, 0.1) is 19.8 Å². The molecule has 1 saturated heterocycles. The zero-order chi connectivity index (χ0) is 15.9. The lowest BCUT2D eigenvalue weighted by Crippen LogP contribution is -2.50. The molecule has 0 spiro atoms. The first-order chi connectivity index (χ1) is 10.6. The number of rotatable bonds is 5. The number of amides is 2. The fourth-order valence-electron chi connectivity index (χ4n) is 2.27. The SMILES string of the molecule is CCOc1ccc(C(=O)N[C@H](C)C(=O)N2CCOCC2)cc1. The molecule has 1 aliphatic heterocycles. The number of benzene rings is 1. The van der Waals surface area contributed by atoms with E-state index in [0.717, 1.165) is 5.75 Å². The molecule has 120 valence electrons. The Balaban J connectivity index is 1.91. The number of ether oxygens (including phenoxy) is 2. The average molecular weight is 306 g/mol. The second-order valence-corrected chi connectivity index (χ2v) is 5.09. The van der Waals surface area contributed by atoms with Gasteiger partial charge in [0, 0.05) is 18.7 Å². The topological polar surface area (TPSA) is 67.9 Å². The molecule has 0 aliphatic carbocycles. The molecule has 0 aromatic heterocycles. The van der Waals surface area contributed by atoms with Crippen LogP contribution in [0.15, 0.2) is 24.3 Å². The van der Waals surface area contributed by atoms with Gasteiger partial charge in [-0.25, -0.2) is 0 Å². The van der Waals surface area contributed by atoms with Crippen molar-refractivity contribution in [1.82, 2.24) is 10.2 Å². The van der Waals surface area contributed by atoms with E-state index in [0.29, 0.717) is 38.5 Å². The molecule has 1 aromatic rings. The summed E-state index contributed by atoms with van der Waals surface area (Å²) >= 11 is 0. The van der Waals surface area contributed by atoms with Crippen molar-refractivity contribution in [3.05, 3.63) is 29.8 Å². The molecule has 22 heavy (non-hydrogen) atoms. The number of carbonyl (C=O) groups excluding carboxylic acids is 2. The number of nitrogens with zero attached hydrogens (tertiary/aromatic N) is 1. The quantitative estimate of drug-likeness (QED) is 0.883. The molecule has 1 atom stereocenters. The minimum Gasteiger partial charge on any atom is -0.494 e. The second-order valence-electron chi connectivity index (χ2n) is 5.09. The highest BCUT2D eigenvalue weighted by Crippen LogP contribution is 2.12. The van der Waals surface area contributed by atoms with Gasteiger partial charge in [-0.3, -0.25) is 9.59 Å². The van der Waals surface area contributed by atoms with Crippen LogP contribution >= 0.6 is 0 Å². The predicted octanol–water partition coefficient (Wildman–Crippen LogP) is 1.06. The molecule has 6 nitrogen and oxygen atoms in total. The van der Waals surface area contributed by atoms with E-state index in [2.05, 4.69) is 5.32 Å². The zero-order valence-corrected chi connectivity index (χ0v) is 13.0. The van der Waals surface area contributed by atoms with E-state index in [1.54, 1.807) is 36.1 Å². The minimum atomic E-state index is -0.558. The highest BCUT2D eigenvalue weighted by atomic mass is 16.5. The Kier molecular flexibility index (Phi) is 5.77. The summed E-state index contributed by atoms with van der Waals surface area (Å²) in [5.74, 6) is 0.372. The van der Waals surface area contributed by atoms with E-state index < -0.39 is 6.04 Å². The molecule has 6 heteroatoms. The van der Waals surface area contributed by atoms with Crippen LogP contribution in [0.2, 0.25) is 0 Å². The van der Waals surface area contributed by atoms with Gasteiger partial charge in [0.1, 0.15) is 11.8 Å². The van der Waals surface area contributed by atoms with Crippen molar-refractivity contribution in [2.45, 2.75) is 19.9 Å². The molecule has 1 aromatic carbocycles. The van der Waals surface area contributed by atoms with E-state index in [1.165, 1.54) is 0 Å². The van der Waals surface area contributed by atoms with Gasteiger partial charge in [-0.05, 0) is 38.1 Å². The van der Waals surface area contributed by atoms with E-state index in [4.69, 9.17) is 9.47 Å². The lowest BCUT2D eigenvalue weighted by atomic mass is 10.2. The first-order valence-corrected chi connectivity index (χ1v) is 7.52. The van der Waals surface area contributed by atoms with Crippen LogP contribution < -0.4 is 10.1 Å². The molecule has 1 N–H and O–H groups in total. The van der Waals surface area contributed by atoms with Crippen molar-refractivity contribution < 1.29 is 19.1 Å². The number of hydrogen-bond donors (Lipinski definition) is 1. The van der Waals surface area contributed by atoms with Crippen LogP contribution in [-0.4, -0.2) is 55.7 Å². The molecular weight excluding hydrogens is 284 g/mol. The Morgan fingerprint density at radius 1 is 1.27 bits per heavy atom. The summed E-state index contributed by atoms with van der Waals surface area (Å²) in [6, 6.07) is 6.30. The number of hydrogen-bond acceptors (Lipinski definition) is 4. The van der Waals surface area contributed by atoms with E-state index >= 15 is 0 Å². The lowest BCUT2D eigenvalue weighted by Gasteiger charge is -2.29. The largest absolute Gasteiger partial charge is 0.494 e. The highest BCUT2D eigenvalue weighted by Gasteiger charge is 2.23. The van der Waals surface area contributed by atoms with Crippen LogP contribution in [0.4, 0.5) is 0 Å². The molecule has 2 amide bonds. The first-order valence-electron chi connectivity index (χ1n) is 7.52. The van der Waals surface area contributed by atoms with Crippen LogP contribution in [0.1, 0.15) is 24.2 Å². The van der Waals surface area contributed by atoms with E-state index in [9.17, 15) is 9.59 Å². The third-order valence-electron chi connectivity index (χ3n) is 3.47. The minimum absolute atomic E-state index is 0.0809. The van der Waals surface area contributed by atoms with E-state index in [-0.39, 0.29) is 11.8 Å². The predicted molar refractivity (Wildman–Crippen MR) is 81.9 cm³/mol. The summed E-state index contributed by atoms with van der Waals surface area (Å²) in [6.45, 7) is 6.42. The van der Waals surface area contributed by atoms with Crippen LogP contribution in [0.3, 0.4) is 0 Å². The third-order valence-corrected chi connectivity index (χ3v) is 3.47. The Morgan fingerprint density at radius 2 is 1.91 bits per heavy atom. The molecule has 1 aliphatic rings. The van der Waals surface area contributed by atoms with Gasteiger partial charge in [0.15, 0.2) is 0 Å². The maximum atomic E-state index is 12.2. The number of morpholine rings is 1. The van der Waals surface area contributed by atoms with Gasteiger partial charge in [-0.15, -0.1) is 0 Å². The van der Waals surface area contributed by atoms with Crippen molar-refractivity contribution in [1.29, 1.82) is 0 Å². The Bertz CT molecular complexity index is 509. The van der Waals surface area contributed by atoms with Crippen LogP contribution in [0, 0.1) is 0 Å².